The highest BCUT2D eigenvalue weighted by Gasteiger charge is 2.44. The Hall–Kier alpha value is -4.07. The molecule has 0 aliphatic carbocycles. The number of aliphatic hydroxyl groups excluding tert-OH is 1. The Bertz CT molecular complexity index is 1280. The van der Waals surface area contributed by atoms with Gasteiger partial charge in [-0.2, -0.15) is 0 Å². The first-order chi connectivity index (χ1) is 20.7. The maximum Gasteiger partial charge on any atom is 0.415 e. The van der Waals surface area contributed by atoms with Gasteiger partial charge in [-0.3, -0.25) is 4.90 Å². The molecule has 7 nitrogen and oxygen atoms in total. The van der Waals surface area contributed by atoms with Gasteiger partial charge in [-0.05, 0) is 89.1 Å². The summed E-state index contributed by atoms with van der Waals surface area (Å²) < 4.78 is 41.3. The zero-order valence-corrected chi connectivity index (χ0v) is 26.7. The van der Waals surface area contributed by atoms with Gasteiger partial charge in [0.25, 0.3) is 0 Å². The molecule has 1 fully saturated rings. The first-order valence-corrected chi connectivity index (χ1v) is 14.1. The zero-order valence-electron chi connectivity index (χ0n) is 26.7. The maximum atomic E-state index is 13.9. The number of allylic oxidation sites excluding steroid dienone is 3. The van der Waals surface area contributed by atoms with E-state index in [0.717, 1.165) is 23.6 Å². The third-order valence-electron chi connectivity index (χ3n) is 6.77. The molecular formula is C34H45F3N2O5. The van der Waals surface area contributed by atoms with Crippen molar-refractivity contribution in [1.82, 2.24) is 4.90 Å². The van der Waals surface area contributed by atoms with Crippen LogP contribution in [-0.4, -0.2) is 59.5 Å². The van der Waals surface area contributed by atoms with Crippen LogP contribution in [0.2, 0.25) is 0 Å². The molecule has 1 aliphatic rings. The van der Waals surface area contributed by atoms with E-state index in [1.165, 1.54) is 19.1 Å². The van der Waals surface area contributed by atoms with Gasteiger partial charge in [-0.25, -0.2) is 22.8 Å². The third kappa shape index (κ3) is 12.7. The Morgan fingerprint density at radius 1 is 1.11 bits per heavy atom. The highest BCUT2D eigenvalue weighted by molar-refractivity contribution is 5.92. The molecule has 2 N–H and O–H groups in total. The van der Waals surface area contributed by atoms with Crippen molar-refractivity contribution in [3.8, 4) is 12.8 Å². The Labute approximate surface area is 259 Å². The molecule has 3 rings (SSSR count). The van der Waals surface area contributed by atoms with Gasteiger partial charge in [0.15, 0.2) is 0 Å². The smallest absolute Gasteiger partial charge is 0.415 e. The van der Waals surface area contributed by atoms with Crippen LogP contribution in [0, 0.1) is 19.8 Å². The third-order valence-corrected chi connectivity index (χ3v) is 6.77. The molecule has 44 heavy (non-hydrogen) atoms. The molecule has 1 unspecified atom stereocenters. The number of aliphatic hydroxyl groups is 1. The van der Waals surface area contributed by atoms with Gasteiger partial charge >= 0.3 is 12.1 Å². The number of nitrogens with zero attached hydrogens (tertiary/aromatic N) is 2. The van der Waals surface area contributed by atoms with Gasteiger partial charge in [0, 0.05) is 31.8 Å². The Morgan fingerprint density at radius 3 is 2.11 bits per heavy atom. The fourth-order valence-electron chi connectivity index (χ4n) is 4.22. The molecule has 1 amide bonds. The Kier molecular flexibility index (Phi) is 18.1. The van der Waals surface area contributed by atoms with E-state index in [1.54, 1.807) is 30.9 Å². The largest absolute Gasteiger partial charge is 0.478 e. The molecule has 0 bridgehead atoms. The number of cyclic esters (lactones) is 1. The molecule has 1 aliphatic heterocycles. The number of aryl methyl sites for hydroxylation is 1. The van der Waals surface area contributed by atoms with Crippen LogP contribution in [0.15, 0.2) is 60.4 Å². The van der Waals surface area contributed by atoms with Crippen LogP contribution >= 0.6 is 0 Å². The second-order valence-electron chi connectivity index (χ2n) is 10.2. The quantitative estimate of drug-likeness (QED) is 0.276. The maximum absolute atomic E-state index is 13.9. The van der Waals surface area contributed by atoms with E-state index >= 15 is 0 Å². The van der Waals surface area contributed by atoms with Crippen molar-refractivity contribution < 1.29 is 37.7 Å². The Morgan fingerprint density at radius 2 is 1.66 bits per heavy atom. The minimum Gasteiger partial charge on any atom is -0.478 e. The molecule has 2 aromatic rings. The zero-order chi connectivity index (χ0) is 34.0. The lowest BCUT2D eigenvalue weighted by Gasteiger charge is -2.28. The van der Waals surface area contributed by atoms with Crippen LogP contribution in [-0.2, 0) is 11.3 Å². The SMILES string of the molecule is C#C.C/C(F)=C/F.CCC1(CCN(C)Cc2ccc(C)cc2/C(C)=C(/C)F)CN(c2ccc(C(=O)O)cc2)C(=O)O1.CCO. The number of carbonyl (C=O) groups excluding carboxylic acids is 1. The molecule has 0 spiro atoms. The van der Waals surface area contributed by atoms with Crippen LogP contribution in [0.3, 0.4) is 0 Å². The summed E-state index contributed by atoms with van der Waals surface area (Å²) in [5, 5.41) is 16.7. The Balaban J connectivity index is 0.00000162. The number of hydrogen-bond donors (Lipinski definition) is 2. The number of aromatic carboxylic acids is 1. The standard InChI is InChI=1S/C27H33FN2O4.C3H4F2.C2H6O.C2H2/c1-6-27(17-30(26(33)34-27)23-11-9-21(10-12-23)25(31)32)13-14-29(5)16-22-8-7-18(2)15-24(22)19(3)20(4)28;1-3(5)2-4;1-2-3;1-2/h7-12,15H,6,13-14,16-17H2,1-5H3,(H,31,32);2H,1H3;3H,2H2,1H3;1-2H/b20-19-;3-2-;;. The lowest BCUT2D eigenvalue weighted by molar-refractivity contribution is 0.0385. The van der Waals surface area contributed by atoms with E-state index in [1.807, 2.05) is 39.1 Å². The molecule has 0 saturated carbocycles. The summed E-state index contributed by atoms with van der Waals surface area (Å²) in [6.45, 7) is 12.0. The van der Waals surface area contributed by atoms with Crippen molar-refractivity contribution in [2.75, 3.05) is 31.6 Å². The molecule has 242 valence electrons. The van der Waals surface area contributed by atoms with E-state index < -0.39 is 23.5 Å². The van der Waals surface area contributed by atoms with E-state index in [4.69, 9.17) is 14.9 Å². The summed E-state index contributed by atoms with van der Waals surface area (Å²) in [7, 11) is 2.01. The first-order valence-electron chi connectivity index (χ1n) is 14.1. The number of carbonyl (C=O) groups is 2. The second-order valence-corrected chi connectivity index (χ2v) is 10.2. The summed E-state index contributed by atoms with van der Waals surface area (Å²) >= 11 is 0. The molecule has 1 heterocycles. The molecule has 0 radical (unpaired) electrons. The first kappa shape index (κ1) is 39.9. The average Bonchev–Trinajstić information content (AvgIpc) is 3.34. The average molecular weight is 619 g/mol. The number of benzene rings is 2. The number of carboxylic acids is 1. The highest BCUT2D eigenvalue weighted by Crippen LogP contribution is 2.33. The van der Waals surface area contributed by atoms with Crippen LogP contribution in [0.25, 0.3) is 5.57 Å². The van der Waals surface area contributed by atoms with Crippen molar-refractivity contribution in [3.63, 3.8) is 0 Å². The van der Waals surface area contributed by atoms with Crippen LogP contribution in [0.4, 0.5) is 23.7 Å². The predicted molar refractivity (Wildman–Crippen MR) is 170 cm³/mol. The molecule has 1 atom stereocenters. The summed E-state index contributed by atoms with van der Waals surface area (Å²) in [6, 6.07) is 12.3. The van der Waals surface area contributed by atoms with Crippen LogP contribution < -0.4 is 4.90 Å². The molecule has 2 aromatic carbocycles. The number of terminal acetylenes is 1. The normalized spacial score (nSPS) is 16.4. The summed E-state index contributed by atoms with van der Waals surface area (Å²) in [5.74, 6) is -1.98. The predicted octanol–water partition coefficient (Wildman–Crippen LogP) is 8.08. The van der Waals surface area contributed by atoms with Gasteiger partial charge in [0.2, 0.25) is 0 Å². The lowest BCUT2D eigenvalue weighted by atomic mass is 9.95. The monoisotopic (exact) mass is 618 g/mol. The second kappa shape index (κ2) is 20.0. The fraction of sp³-hybridized carbons (Fsp3) is 0.412. The van der Waals surface area contributed by atoms with Gasteiger partial charge in [0.1, 0.15) is 23.6 Å². The number of ether oxygens (including phenoxy) is 1. The fourth-order valence-corrected chi connectivity index (χ4v) is 4.22. The van der Waals surface area contributed by atoms with Crippen molar-refractivity contribution in [1.29, 1.82) is 0 Å². The van der Waals surface area contributed by atoms with Gasteiger partial charge in [-0.1, -0.05) is 30.7 Å². The summed E-state index contributed by atoms with van der Waals surface area (Å²) in [5.41, 5.74) is 3.86. The summed E-state index contributed by atoms with van der Waals surface area (Å²) in [4.78, 5) is 27.5. The number of anilines is 1. The van der Waals surface area contributed by atoms with E-state index in [-0.39, 0.29) is 24.3 Å². The van der Waals surface area contributed by atoms with Crippen molar-refractivity contribution >= 4 is 23.3 Å². The van der Waals surface area contributed by atoms with Crippen LogP contribution in [0.1, 0.15) is 74.5 Å². The van der Waals surface area contributed by atoms with Gasteiger partial charge in [-0.15, -0.1) is 12.8 Å². The van der Waals surface area contributed by atoms with Gasteiger partial charge in [0.05, 0.1) is 12.1 Å². The number of carboxylic acid groups (broad SMARTS) is 1. The molecule has 10 heteroatoms. The minimum atomic E-state index is -1.01. The van der Waals surface area contributed by atoms with E-state index in [0.29, 0.717) is 43.7 Å². The summed E-state index contributed by atoms with van der Waals surface area (Å²) in [6.07, 6.45) is 8.80. The number of hydrogen-bond acceptors (Lipinski definition) is 5. The lowest BCUT2D eigenvalue weighted by Crippen LogP contribution is -2.37. The topological polar surface area (TPSA) is 90.3 Å². The van der Waals surface area contributed by atoms with Crippen LogP contribution in [0.5, 0.6) is 0 Å². The van der Waals surface area contributed by atoms with Crippen molar-refractivity contribution in [2.24, 2.45) is 0 Å². The number of rotatable bonds is 9. The van der Waals surface area contributed by atoms with Crippen molar-refractivity contribution in [3.05, 3.63) is 82.7 Å². The molecule has 0 aromatic heterocycles. The molecular weight excluding hydrogens is 573 g/mol. The molecule has 1 saturated heterocycles. The van der Waals surface area contributed by atoms with E-state index in [9.17, 15) is 22.8 Å². The van der Waals surface area contributed by atoms with E-state index in [2.05, 4.69) is 17.7 Å². The number of amides is 1. The highest BCUT2D eigenvalue weighted by atomic mass is 19.2. The van der Waals surface area contributed by atoms with Crippen molar-refractivity contribution in [2.45, 2.75) is 66.5 Å². The number of halogens is 3. The minimum absolute atomic E-state index is 0.0833. The van der Waals surface area contributed by atoms with Gasteiger partial charge < -0.3 is 19.8 Å².